The van der Waals surface area contributed by atoms with E-state index in [1.165, 1.54) is 0 Å². The topological polar surface area (TPSA) is 18.8 Å². The van der Waals surface area contributed by atoms with Crippen LogP contribution in [0.1, 0.15) is 13.8 Å². The Morgan fingerprint density at radius 2 is 1.92 bits per heavy atom. The second-order valence-corrected chi connectivity index (χ2v) is 5.65. The average Bonchev–Trinajstić information content (AvgIpc) is 2.28. The number of rotatable bonds is 1. The third-order valence-electron chi connectivity index (χ3n) is 1.83. The van der Waals surface area contributed by atoms with Crippen molar-refractivity contribution in [1.82, 2.24) is 9.91 Å². The Bertz CT molecular complexity index is 212. The number of halogens is 3. The van der Waals surface area contributed by atoms with E-state index in [9.17, 15) is 0 Å². The van der Waals surface area contributed by atoms with Gasteiger partial charge in [0.05, 0.1) is 0 Å². The summed E-state index contributed by atoms with van der Waals surface area (Å²) in [6.07, 6.45) is 1.34. The second kappa shape index (κ2) is 3.71. The van der Waals surface area contributed by atoms with Crippen molar-refractivity contribution in [1.29, 1.82) is 0 Å². The van der Waals surface area contributed by atoms with E-state index in [1.807, 2.05) is 20.9 Å². The Kier molecular flexibility index (Phi) is 3.20. The van der Waals surface area contributed by atoms with Crippen molar-refractivity contribution in [3.63, 3.8) is 0 Å². The van der Waals surface area contributed by atoms with Crippen LogP contribution in [0.25, 0.3) is 0 Å². The van der Waals surface area contributed by atoms with Gasteiger partial charge >= 0.3 is 0 Å². The van der Waals surface area contributed by atoms with E-state index in [4.69, 9.17) is 34.8 Å². The molecule has 0 aromatic rings. The lowest BCUT2D eigenvalue weighted by Gasteiger charge is -2.35. The molecular weight excluding hydrogens is 232 g/mol. The zero-order valence-electron chi connectivity index (χ0n) is 7.71. The van der Waals surface area contributed by atoms with Gasteiger partial charge in [-0.15, -0.1) is 0 Å². The summed E-state index contributed by atoms with van der Waals surface area (Å²) in [5.41, 5.74) is 0. The molecule has 0 radical (unpaired) electrons. The molecule has 0 aromatic carbocycles. The fourth-order valence-electron chi connectivity index (χ4n) is 1.25. The minimum Gasteiger partial charge on any atom is -0.339 e. The highest BCUT2D eigenvalue weighted by Gasteiger charge is 2.43. The highest BCUT2D eigenvalue weighted by Crippen LogP contribution is 2.37. The minimum atomic E-state index is -1.35. The maximum absolute atomic E-state index is 5.84. The first-order chi connectivity index (χ1) is 5.84. The third kappa shape index (κ3) is 2.33. The quantitative estimate of drug-likeness (QED) is 0.659. The lowest BCUT2D eigenvalue weighted by atomic mass is 10.3. The minimum absolute atomic E-state index is 0.210. The van der Waals surface area contributed by atoms with Crippen molar-refractivity contribution >= 4 is 41.1 Å². The summed E-state index contributed by atoms with van der Waals surface area (Å²) in [5, 5.41) is 5.92. The number of hydrogen-bond donors (Lipinski definition) is 0. The molecule has 6 heteroatoms. The molecule has 1 aliphatic rings. The molecule has 0 aliphatic carbocycles. The van der Waals surface area contributed by atoms with Crippen LogP contribution >= 0.6 is 34.8 Å². The first kappa shape index (κ1) is 11.2. The highest BCUT2D eigenvalue weighted by molar-refractivity contribution is 6.68. The predicted molar refractivity (Wildman–Crippen MR) is 57.3 cm³/mol. The number of alkyl halides is 3. The smallest absolute Gasteiger partial charge is 0.230 e. The highest BCUT2D eigenvalue weighted by atomic mass is 35.6. The van der Waals surface area contributed by atoms with Gasteiger partial charge in [0.25, 0.3) is 0 Å². The van der Waals surface area contributed by atoms with Gasteiger partial charge in [0.2, 0.25) is 3.79 Å². The molecule has 0 saturated heterocycles. The van der Waals surface area contributed by atoms with Gasteiger partial charge in [0.15, 0.2) is 6.17 Å². The molecule has 3 nitrogen and oxygen atoms in total. The van der Waals surface area contributed by atoms with Gasteiger partial charge in [-0.05, 0) is 13.8 Å². The molecule has 1 rings (SSSR count). The van der Waals surface area contributed by atoms with Gasteiger partial charge < -0.3 is 4.90 Å². The number of nitrogens with zero attached hydrogens (tertiary/aromatic N) is 3. The molecule has 1 atom stereocenters. The van der Waals surface area contributed by atoms with Crippen molar-refractivity contribution in [3.05, 3.63) is 0 Å². The third-order valence-corrected chi connectivity index (χ3v) is 2.41. The standard InChI is InChI=1S/C7H12Cl3N3/c1-5(2)13-6(7(8,9)10)12(3)4-11-13/h4-6H,1-3H3. The Balaban J connectivity index is 2.82. The molecular formula is C7H12Cl3N3. The van der Waals surface area contributed by atoms with Gasteiger partial charge in [0.1, 0.15) is 6.34 Å². The summed E-state index contributed by atoms with van der Waals surface area (Å²) in [5.74, 6) is 0. The van der Waals surface area contributed by atoms with Gasteiger partial charge in [-0.1, -0.05) is 34.8 Å². The molecule has 1 aliphatic heterocycles. The Morgan fingerprint density at radius 3 is 2.23 bits per heavy atom. The summed E-state index contributed by atoms with van der Waals surface area (Å²) in [6.45, 7) is 4.00. The summed E-state index contributed by atoms with van der Waals surface area (Å²) in [6, 6.07) is 0.210. The van der Waals surface area contributed by atoms with E-state index in [0.29, 0.717) is 0 Å². The molecule has 0 amide bonds. The summed E-state index contributed by atoms with van der Waals surface area (Å²) in [7, 11) is 1.83. The summed E-state index contributed by atoms with van der Waals surface area (Å²) < 4.78 is -1.35. The average molecular weight is 245 g/mol. The molecule has 1 heterocycles. The molecule has 0 aromatic heterocycles. The molecule has 0 saturated carbocycles. The summed E-state index contributed by atoms with van der Waals surface area (Å²) >= 11 is 17.5. The van der Waals surface area contributed by atoms with Crippen LogP contribution in [0.3, 0.4) is 0 Å². The first-order valence-corrected chi connectivity index (χ1v) is 5.08. The van der Waals surface area contributed by atoms with Crippen molar-refractivity contribution in [2.45, 2.75) is 29.8 Å². The van der Waals surface area contributed by atoms with Crippen LogP contribution in [-0.2, 0) is 0 Å². The largest absolute Gasteiger partial charge is 0.339 e. The predicted octanol–water partition coefficient (Wildman–Crippen LogP) is 2.28. The van der Waals surface area contributed by atoms with Gasteiger partial charge in [-0.2, -0.15) is 5.10 Å². The molecule has 0 bridgehead atoms. The van der Waals surface area contributed by atoms with Crippen LogP contribution in [0, 0.1) is 0 Å². The van der Waals surface area contributed by atoms with E-state index in [2.05, 4.69) is 5.10 Å². The van der Waals surface area contributed by atoms with Crippen LogP contribution < -0.4 is 0 Å². The maximum Gasteiger partial charge on any atom is 0.230 e. The fourth-order valence-corrected chi connectivity index (χ4v) is 2.01. The molecule has 1 unspecified atom stereocenters. The van der Waals surface area contributed by atoms with Crippen molar-refractivity contribution in [3.8, 4) is 0 Å². The number of hydrazone groups is 1. The number of hydrogen-bond acceptors (Lipinski definition) is 3. The van der Waals surface area contributed by atoms with Crippen molar-refractivity contribution in [2.24, 2.45) is 5.10 Å². The molecule has 0 fully saturated rings. The van der Waals surface area contributed by atoms with Crippen LogP contribution in [0.4, 0.5) is 0 Å². The zero-order chi connectivity index (χ0) is 10.2. The fraction of sp³-hybridized carbons (Fsp3) is 0.857. The van der Waals surface area contributed by atoms with Gasteiger partial charge in [-0.3, -0.25) is 5.01 Å². The second-order valence-electron chi connectivity index (χ2n) is 3.29. The molecule has 76 valence electrons. The van der Waals surface area contributed by atoms with Crippen LogP contribution in [-0.4, -0.2) is 39.3 Å². The molecule has 13 heavy (non-hydrogen) atoms. The van der Waals surface area contributed by atoms with E-state index in [-0.39, 0.29) is 12.2 Å². The first-order valence-electron chi connectivity index (χ1n) is 3.95. The Hall–Kier alpha value is 0.140. The van der Waals surface area contributed by atoms with Crippen molar-refractivity contribution in [2.75, 3.05) is 7.05 Å². The normalized spacial score (nSPS) is 23.5. The van der Waals surface area contributed by atoms with E-state index >= 15 is 0 Å². The van der Waals surface area contributed by atoms with Crippen molar-refractivity contribution < 1.29 is 0 Å². The lowest BCUT2D eigenvalue weighted by molar-refractivity contribution is 0.115. The molecule has 0 N–H and O–H groups in total. The van der Waals surface area contributed by atoms with E-state index in [0.717, 1.165) is 0 Å². The van der Waals surface area contributed by atoms with Gasteiger partial charge in [0, 0.05) is 13.1 Å². The lowest BCUT2D eigenvalue weighted by Crippen LogP contribution is -2.49. The van der Waals surface area contributed by atoms with Crippen LogP contribution in [0.2, 0.25) is 0 Å². The Morgan fingerprint density at radius 1 is 1.38 bits per heavy atom. The Labute approximate surface area is 93.2 Å². The van der Waals surface area contributed by atoms with Gasteiger partial charge in [-0.25, -0.2) is 0 Å². The van der Waals surface area contributed by atoms with Crippen LogP contribution in [0.5, 0.6) is 0 Å². The van der Waals surface area contributed by atoms with Crippen LogP contribution in [0.15, 0.2) is 5.10 Å². The maximum atomic E-state index is 5.84. The SMILES string of the molecule is CC(C)N1N=CN(C)C1C(Cl)(Cl)Cl. The zero-order valence-corrected chi connectivity index (χ0v) is 9.98. The van der Waals surface area contributed by atoms with E-state index < -0.39 is 3.79 Å². The monoisotopic (exact) mass is 243 g/mol. The van der Waals surface area contributed by atoms with E-state index in [1.54, 1.807) is 16.2 Å². The summed E-state index contributed by atoms with van der Waals surface area (Å²) in [4.78, 5) is 1.78. The molecule has 0 spiro atoms.